The van der Waals surface area contributed by atoms with Gasteiger partial charge in [0.25, 0.3) is 0 Å². The summed E-state index contributed by atoms with van der Waals surface area (Å²) in [6, 6.07) is 20.1. The van der Waals surface area contributed by atoms with E-state index in [1.54, 1.807) is 0 Å². The van der Waals surface area contributed by atoms with E-state index in [0.29, 0.717) is 13.0 Å². The van der Waals surface area contributed by atoms with Crippen LogP contribution in [0.25, 0.3) is 0 Å². The Labute approximate surface area is 145 Å². The summed E-state index contributed by atoms with van der Waals surface area (Å²) in [6.45, 7) is 4.66. The third-order valence-corrected chi connectivity index (χ3v) is 4.15. The Morgan fingerprint density at radius 3 is 2.17 bits per heavy atom. The number of nitrogens with zero attached hydrogens (tertiary/aromatic N) is 2. The second-order valence-corrected chi connectivity index (χ2v) is 6.21. The first-order valence-electron chi connectivity index (χ1n) is 8.78. The van der Waals surface area contributed by atoms with Crippen molar-refractivity contribution in [2.45, 2.75) is 32.7 Å². The highest BCUT2D eigenvalue weighted by molar-refractivity contribution is 5.93. The molecule has 0 heterocycles. The Kier molecular flexibility index (Phi) is 7.50. The van der Waals surface area contributed by atoms with Crippen LogP contribution in [0.2, 0.25) is 0 Å². The largest absolute Gasteiger partial charge is 0.308 e. The molecular weight excluding hydrogens is 296 g/mol. The lowest BCUT2D eigenvalue weighted by Gasteiger charge is -2.24. The molecule has 0 bridgehead atoms. The second kappa shape index (κ2) is 9.89. The zero-order valence-corrected chi connectivity index (χ0v) is 14.8. The number of amides is 1. The van der Waals surface area contributed by atoms with Crippen molar-refractivity contribution >= 4 is 11.6 Å². The number of carbonyl (C=O) groups is 1. The highest BCUT2D eigenvalue weighted by Crippen LogP contribution is 2.18. The number of anilines is 1. The molecule has 2 aromatic carbocycles. The molecular formula is C21H28N2O. The summed E-state index contributed by atoms with van der Waals surface area (Å²) in [5, 5.41) is 0. The number of carbonyl (C=O) groups excluding carboxylic acids is 1. The van der Waals surface area contributed by atoms with Gasteiger partial charge in [0.1, 0.15) is 0 Å². The van der Waals surface area contributed by atoms with E-state index in [0.717, 1.165) is 24.3 Å². The quantitative estimate of drug-likeness (QED) is 0.685. The maximum atomic E-state index is 12.8. The van der Waals surface area contributed by atoms with Crippen molar-refractivity contribution < 1.29 is 4.79 Å². The predicted octanol–water partition coefficient (Wildman–Crippen LogP) is 4.34. The van der Waals surface area contributed by atoms with Gasteiger partial charge in [-0.25, -0.2) is 0 Å². The van der Waals surface area contributed by atoms with Crippen molar-refractivity contribution in [2.24, 2.45) is 0 Å². The van der Waals surface area contributed by atoms with Crippen molar-refractivity contribution in [1.82, 2.24) is 4.90 Å². The fourth-order valence-electron chi connectivity index (χ4n) is 2.66. The highest BCUT2D eigenvalue weighted by Gasteiger charge is 2.16. The standard InChI is InChI=1S/C21H28N2O/c1-3-4-16-22(2)17-15-21(24)23(20-13-9-6-10-14-20)18-19-11-7-5-8-12-19/h5-14H,3-4,15-18H2,1-2H3. The van der Waals surface area contributed by atoms with Gasteiger partial charge in [0.15, 0.2) is 0 Å². The van der Waals surface area contributed by atoms with Crippen molar-refractivity contribution in [2.75, 3.05) is 25.0 Å². The first-order chi connectivity index (χ1) is 11.7. The monoisotopic (exact) mass is 324 g/mol. The lowest BCUT2D eigenvalue weighted by Crippen LogP contribution is -2.33. The lowest BCUT2D eigenvalue weighted by atomic mass is 10.1. The fourth-order valence-corrected chi connectivity index (χ4v) is 2.66. The molecule has 3 heteroatoms. The summed E-state index contributed by atoms with van der Waals surface area (Å²) in [7, 11) is 2.09. The van der Waals surface area contributed by atoms with Crippen LogP contribution in [0.1, 0.15) is 31.7 Å². The van der Waals surface area contributed by atoms with Crippen molar-refractivity contribution in [1.29, 1.82) is 0 Å². The van der Waals surface area contributed by atoms with E-state index in [2.05, 4.69) is 31.0 Å². The van der Waals surface area contributed by atoms with Crippen LogP contribution in [-0.4, -0.2) is 30.9 Å². The summed E-state index contributed by atoms with van der Waals surface area (Å²) < 4.78 is 0. The first kappa shape index (κ1) is 18.2. The molecule has 0 aliphatic heterocycles. The molecule has 128 valence electrons. The second-order valence-electron chi connectivity index (χ2n) is 6.21. The van der Waals surface area contributed by atoms with E-state index in [9.17, 15) is 4.79 Å². The average molecular weight is 324 g/mol. The summed E-state index contributed by atoms with van der Waals surface area (Å²) in [5.41, 5.74) is 2.11. The summed E-state index contributed by atoms with van der Waals surface area (Å²) in [4.78, 5) is 17.0. The third-order valence-electron chi connectivity index (χ3n) is 4.15. The van der Waals surface area contributed by atoms with E-state index < -0.39 is 0 Å². The average Bonchev–Trinajstić information content (AvgIpc) is 2.64. The van der Waals surface area contributed by atoms with Gasteiger partial charge < -0.3 is 9.80 Å². The molecule has 24 heavy (non-hydrogen) atoms. The van der Waals surface area contributed by atoms with Crippen LogP contribution >= 0.6 is 0 Å². The molecule has 2 rings (SSSR count). The molecule has 0 atom stereocenters. The minimum atomic E-state index is 0.174. The third kappa shape index (κ3) is 5.82. The van der Waals surface area contributed by atoms with Crippen molar-refractivity contribution in [3.05, 3.63) is 66.2 Å². The molecule has 3 nitrogen and oxygen atoms in total. The number of para-hydroxylation sites is 1. The Hall–Kier alpha value is -2.13. The van der Waals surface area contributed by atoms with Gasteiger partial charge in [0.2, 0.25) is 5.91 Å². The molecule has 0 N–H and O–H groups in total. The van der Waals surface area contributed by atoms with Gasteiger partial charge in [-0.05, 0) is 37.7 Å². The Balaban J connectivity index is 2.04. The topological polar surface area (TPSA) is 23.6 Å². The summed E-state index contributed by atoms with van der Waals surface area (Å²) in [6.07, 6.45) is 2.90. The number of hydrogen-bond donors (Lipinski definition) is 0. The molecule has 0 aliphatic carbocycles. The normalized spacial score (nSPS) is 10.8. The van der Waals surface area contributed by atoms with Gasteiger partial charge in [-0.2, -0.15) is 0 Å². The zero-order valence-electron chi connectivity index (χ0n) is 14.8. The van der Waals surface area contributed by atoms with E-state index in [1.807, 2.05) is 53.4 Å². The molecule has 0 radical (unpaired) electrons. The maximum Gasteiger partial charge on any atom is 0.228 e. The van der Waals surface area contributed by atoms with Crippen LogP contribution < -0.4 is 4.90 Å². The fraction of sp³-hybridized carbons (Fsp3) is 0.381. The molecule has 0 aromatic heterocycles. The van der Waals surface area contributed by atoms with E-state index in [-0.39, 0.29) is 5.91 Å². The molecule has 0 saturated heterocycles. The molecule has 0 fully saturated rings. The van der Waals surface area contributed by atoms with Gasteiger partial charge in [-0.1, -0.05) is 61.9 Å². The van der Waals surface area contributed by atoms with Crippen molar-refractivity contribution in [3.8, 4) is 0 Å². The molecule has 0 spiro atoms. The van der Waals surface area contributed by atoms with Crippen LogP contribution in [0, 0.1) is 0 Å². The first-order valence-corrected chi connectivity index (χ1v) is 8.78. The number of rotatable bonds is 9. The Morgan fingerprint density at radius 1 is 0.917 bits per heavy atom. The Morgan fingerprint density at radius 2 is 1.54 bits per heavy atom. The maximum absolute atomic E-state index is 12.8. The number of unbranched alkanes of at least 4 members (excludes halogenated alkanes) is 1. The van der Waals surface area contributed by atoms with Gasteiger partial charge >= 0.3 is 0 Å². The molecule has 0 saturated carbocycles. The van der Waals surface area contributed by atoms with Gasteiger partial charge in [0.05, 0.1) is 6.54 Å². The van der Waals surface area contributed by atoms with Gasteiger partial charge in [0, 0.05) is 18.7 Å². The summed E-state index contributed by atoms with van der Waals surface area (Å²) >= 11 is 0. The van der Waals surface area contributed by atoms with Crippen LogP contribution in [0.5, 0.6) is 0 Å². The van der Waals surface area contributed by atoms with Gasteiger partial charge in [-0.15, -0.1) is 0 Å². The van der Waals surface area contributed by atoms with E-state index in [1.165, 1.54) is 12.8 Å². The van der Waals surface area contributed by atoms with Gasteiger partial charge in [-0.3, -0.25) is 4.79 Å². The SMILES string of the molecule is CCCCN(C)CCC(=O)N(Cc1ccccc1)c1ccccc1. The molecule has 0 unspecified atom stereocenters. The van der Waals surface area contributed by atoms with E-state index in [4.69, 9.17) is 0 Å². The number of benzene rings is 2. The minimum absolute atomic E-state index is 0.174. The highest BCUT2D eigenvalue weighted by atomic mass is 16.2. The molecule has 1 amide bonds. The zero-order chi connectivity index (χ0) is 17.2. The molecule has 0 aliphatic rings. The van der Waals surface area contributed by atoms with E-state index >= 15 is 0 Å². The summed E-state index contributed by atoms with van der Waals surface area (Å²) in [5.74, 6) is 0.174. The van der Waals surface area contributed by atoms with Crippen LogP contribution in [0.3, 0.4) is 0 Å². The Bertz CT molecular complexity index is 598. The predicted molar refractivity (Wildman–Crippen MR) is 101 cm³/mol. The molecule has 2 aromatic rings. The van der Waals surface area contributed by atoms with Crippen LogP contribution in [0.4, 0.5) is 5.69 Å². The van der Waals surface area contributed by atoms with Crippen LogP contribution in [-0.2, 0) is 11.3 Å². The number of hydrogen-bond acceptors (Lipinski definition) is 2. The minimum Gasteiger partial charge on any atom is -0.308 e. The lowest BCUT2D eigenvalue weighted by molar-refractivity contribution is -0.119. The van der Waals surface area contributed by atoms with Crippen LogP contribution in [0.15, 0.2) is 60.7 Å². The smallest absolute Gasteiger partial charge is 0.228 e. The van der Waals surface area contributed by atoms with Crippen molar-refractivity contribution in [3.63, 3.8) is 0 Å².